The van der Waals surface area contributed by atoms with Crippen LogP contribution in [0, 0.1) is 10.5 Å². The van der Waals surface area contributed by atoms with E-state index in [4.69, 9.17) is 14.2 Å². The van der Waals surface area contributed by atoms with Crippen LogP contribution in [0.3, 0.4) is 0 Å². The minimum Gasteiger partial charge on any atom is -0.462 e. The lowest BCUT2D eigenvalue weighted by molar-refractivity contribution is -0.164. The number of fused-ring (bicyclic) bond motifs is 1. The lowest BCUT2D eigenvalue weighted by Crippen LogP contribution is -2.54. The van der Waals surface area contributed by atoms with Crippen LogP contribution in [0.1, 0.15) is 82.3 Å². The molecule has 1 atom stereocenters. The maximum Gasteiger partial charge on any atom is 0.348 e. The van der Waals surface area contributed by atoms with Crippen LogP contribution >= 0.6 is 33.9 Å². The lowest BCUT2D eigenvalue weighted by Gasteiger charge is -2.30. The zero-order valence-electron chi connectivity index (χ0n) is 24.4. The fraction of sp³-hybridized carbons (Fsp3) is 0.517. The highest BCUT2D eigenvalue weighted by molar-refractivity contribution is 14.1. The van der Waals surface area contributed by atoms with Gasteiger partial charge < -0.3 is 14.2 Å². The molecule has 0 aliphatic carbocycles. The Morgan fingerprint density at radius 1 is 1.05 bits per heavy atom. The molecule has 0 radical (unpaired) electrons. The molecular formula is C29H37IN2O7S. The number of carbonyl (C=O) groups excluding carboxylic acids is 2. The van der Waals surface area contributed by atoms with Crippen molar-refractivity contribution in [2.75, 3.05) is 6.61 Å². The summed E-state index contributed by atoms with van der Waals surface area (Å²) in [6.07, 6.45) is -0.721. The van der Waals surface area contributed by atoms with E-state index in [1.54, 1.807) is 34.6 Å². The van der Waals surface area contributed by atoms with Gasteiger partial charge in [-0.05, 0) is 108 Å². The van der Waals surface area contributed by atoms with Gasteiger partial charge in [-0.25, -0.2) is 19.0 Å². The molecule has 2 aromatic heterocycles. The van der Waals surface area contributed by atoms with Crippen molar-refractivity contribution in [1.29, 1.82) is 0 Å². The van der Waals surface area contributed by atoms with Crippen LogP contribution in [-0.2, 0) is 31.1 Å². The molecule has 11 heteroatoms. The van der Waals surface area contributed by atoms with Crippen LogP contribution in [0.2, 0.25) is 0 Å². The van der Waals surface area contributed by atoms with Gasteiger partial charge in [-0.2, -0.15) is 0 Å². The Labute approximate surface area is 251 Å². The Morgan fingerprint density at radius 2 is 1.65 bits per heavy atom. The summed E-state index contributed by atoms with van der Waals surface area (Å²) in [6.45, 7) is 15.5. The number of nitrogens with zero attached hydrogens (tertiary/aromatic N) is 2. The maximum absolute atomic E-state index is 14.2. The number of hydrogen-bond acceptors (Lipinski definition) is 8. The highest BCUT2D eigenvalue weighted by Crippen LogP contribution is 2.32. The van der Waals surface area contributed by atoms with Gasteiger partial charge >= 0.3 is 17.6 Å². The first kappa shape index (κ1) is 32.0. The van der Waals surface area contributed by atoms with Gasteiger partial charge in [0.15, 0.2) is 0 Å². The number of esters is 2. The van der Waals surface area contributed by atoms with Gasteiger partial charge in [0, 0.05) is 3.57 Å². The Hall–Kier alpha value is -2.51. The summed E-state index contributed by atoms with van der Waals surface area (Å²) >= 11 is 3.24. The maximum atomic E-state index is 14.2. The van der Waals surface area contributed by atoms with E-state index in [1.807, 2.05) is 38.1 Å². The van der Waals surface area contributed by atoms with Crippen LogP contribution in [-0.4, -0.2) is 39.4 Å². The Morgan fingerprint density at radius 3 is 2.17 bits per heavy atom. The lowest BCUT2D eigenvalue weighted by atomic mass is 10.0. The fourth-order valence-electron chi connectivity index (χ4n) is 4.28. The summed E-state index contributed by atoms with van der Waals surface area (Å²) in [4.78, 5) is 54.8. The van der Waals surface area contributed by atoms with Crippen molar-refractivity contribution >= 4 is 56.1 Å². The summed E-state index contributed by atoms with van der Waals surface area (Å²) in [6, 6.07) is 7.76. The third-order valence-corrected chi connectivity index (χ3v) is 8.17. The molecule has 9 nitrogen and oxygen atoms in total. The number of thiophene rings is 1. The van der Waals surface area contributed by atoms with Crippen molar-refractivity contribution in [3.63, 3.8) is 0 Å². The normalized spacial score (nSPS) is 13.1. The molecule has 0 spiro atoms. The van der Waals surface area contributed by atoms with Crippen molar-refractivity contribution in [2.24, 2.45) is 0 Å². The predicted octanol–water partition coefficient (Wildman–Crippen LogP) is 5.56. The van der Waals surface area contributed by atoms with E-state index in [1.165, 1.54) is 18.4 Å². The second-order valence-electron chi connectivity index (χ2n) is 11.3. The molecule has 40 heavy (non-hydrogen) atoms. The minimum absolute atomic E-state index is 0.0427. The number of aromatic nitrogens is 2. The number of ether oxygens (including phenoxy) is 3. The summed E-state index contributed by atoms with van der Waals surface area (Å²) in [7, 11) is 0. The van der Waals surface area contributed by atoms with Gasteiger partial charge in [0.2, 0.25) is 0 Å². The third kappa shape index (κ3) is 6.68. The largest absolute Gasteiger partial charge is 0.462 e. The van der Waals surface area contributed by atoms with Crippen LogP contribution in [0.15, 0.2) is 33.9 Å². The van der Waals surface area contributed by atoms with E-state index in [0.29, 0.717) is 10.4 Å². The van der Waals surface area contributed by atoms with E-state index < -0.39 is 40.4 Å². The van der Waals surface area contributed by atoms with Crippen molar-refractivity contribution in [3.8, 4) is 0 Å². The molecule has 0 bridgehead atoms. The van der Waals surface area contributed by atoms with E-state index in [-0.39, 0.29) is 29.5 Å². The predicted molar refractivity (Wildman–Crippen MR) is 164 cm³/mol. The molecule has 0 aliphatic heterocycles. The first-order chi connectivity index (χ1) is 18.5. The van der Waals surface area contributed by atoms with Gasteiger partial charge in [-0.3, -0.25) is 9.36 Å². The number of benzene rings is 1. The fourth-order valence-corrected chi connectivity index (χ4v) is 5.84. The van der Waals surface area contributed by atoms with E-state index in [0.717, 1.165) is 25.0 Å². The molecule has 218 valence electrons. The van der Waals surface area contributed by atoms with E-state index >= 15 is 0 Å². The van der Waals surface area contributed by atoms with Crippen LogP contribution in [0.5, 0.6) is 0 Å². The summed E-state index contributed by atoms with van der Waals surface area (Å²) in [5, 5.41) is 0.176. The molecule has 2 heterocycles. The van der Waals surface area contributed by atoms with Gasteiger partial charge in [0.05, 0.1) is 24.6 Å². The SMILES string of the molecule is CCOC(=O)c1sc2c(c1C)c(=O)n(C(C)(C)C(=O)OC(C)(C)C)c(=O)n2CC(OC(C)C)c1ccc(I)cc1. The standard InChI is InChI=1S/C29H37IN2O7S/c1-10-37-25(34)22-17(4)21-23(33)32(29(8,9)26(35)39-28(5,6)7)27(36)31(24(21)40-22)15-20(38-16(2)3)18-11-13-19(30)14-12-18/h11-14,16,20H,10,15H2,1-9H3. The smallest absolute Gasteiger partial charge is 0.348 e. The molecule has 1 unspecified atom stereocenters. The second kappa shape index (κ2) is 12.2. The van der Waals surface area contributed by atoms with Crippen molar-refractivity contribution in [3.05, 3.63) is 64.7 Å². The molecule has 0 aliphatic rings. The Balaban J connectivity index is 2.37. The average molecular weight is 685 g/mol. The first-order valence-corrected chi connectivity index (χ1v) is 15.0. The first-order valence-electron chi connectivity index (χ1n) is 13.1. The number of hydrogen-bond donors (Lipinski definition) is 0. The van der Waals surface area contributed by atoms with Gasteiger partial charge in [-0.15, -0.1) is 11.3 Å². The molecule has 3 rings (SSSR count). The number of halogens is 1. The van der Waals surface area contributed by atoms with Crippen molar-refractivity contribution in [2.45, 2.75) is 92.2 Å². The van der Waals surface area contributed by atoms with Crippen molar-refractivity contribution in [1.82, 2.24) is 9.13 Å². The Bertz CT molecular complexity index is 1530. The molecule has 1 aromatic carbocycles. The highest BCUT2D eigenvalue weighted by atomic mass is 127. The highest BCUT2D eigenvalue weighted by Gasteiger charge is 2.39. The number of carbonyl (C=O) groups is 2. The average Bonchev–Trinajstić information content (AvgIpc) is 3.17. The van der Waals surface area contributed by atoms with Gasteiger partial charge in [0.25, 0.3) is 5.56 Å². The topological polar surface area (TPSA) is 106 Å². The quantitative estimate of drug-likeness (QED) is 0.215. The van der Waals surface area contributed by atoms with Crippen LogP contribution in [0.25, 0.3) is 10.2 Å². The van der Waals surface area contributed by atoms with Gasteiger partial charge in [-0.1, -0.05) is 12.1 Å². The monoisotopic (exact) mass is 684 g/mol. The molecule has 0 N–H and O–H groups in total. The molecule has 3 aromatic rings. The van der Waals surface area contributed by atoms with Crippen molar-refractivity contribution < 1.29 is 23.8 Å². The number of aryl methyl sites for hydroxylation is 1. The summed E-state index contributed by atoms with van der Waals surface area (Å²) in [5.74, 6) is -1.30. The van der Waals surface area contributed by atoms with Gasteiger partial charge in [0.1, 0.15) is 27.0 Å². The minimum atomic E-state index is -1.65. The summed E-state index contributed by atoms with van der Waals surface area (Å²) in [5.41, 5.74) is -2.62. The second-order valence-corrected chi connectivity index (χ2v) is 13.5. The van der Waals surface area contributed by atoms with Crippen LogP contribution < -0.4 is 11.2 Å². The zero-order chi connectivity index (χ0) is 30.2. The van der Waals surface area contributed by atoms with Crippen LogP contribution in [0.4, 0.5) is 0 Å². The molecule has 0 fully saturated rings. The zero-order valence-corrected chi connectivity index (χ0v) is 27.4. The number of rotatable bonds is 9. The summed E-state index contributed by atoms with van der Waals surface area (Å²) < 4.78 is 20.5. The molecule has 0 saturated heterocycles. The molecular weight excluding hydrogens is 647 g/mol. The molecule has 0 amide bonds. The molecule has 0 saturated carbocycles. The van der Waals surface area contributed by atoms with E-state index in [9.17, 15) is 19.2 Å². The third-order valence-electron chi connectivity index (χ3n) is 6.16. The van der Waals surface area contributed by atoms with E-state index in [2.05, 4.69) is 22.6 Å². The Kier molecular flexibility index (Phi) is 9.73.